The number of aryl methyl sites for hydroxylation is 1. The van der Waals surface area contributed by atoms with Gasteiger partial charge in [-0.1, -0.05) is 35.0 Å². The number of benzene rings is 1. The van der Waals surface area contributed by atoms with Gasteiger partial charge in [-0.05, 0) is 82.6 Å². The molecule has 1 aromatic rings. The monoisotopic (exact) mass is 502 g/mol. The summed E-state index contributed by atoms with van der Waals surface area (Å²) in [4.78, 5) is 33.1. The Kier molecular flexibility index (Phi) is 9.78. The Balaban J connectivity index is 1.87. The van der Waals surface area contributed by atoms with Crippen LogP contribution in [0.2, 0.25) is 5.02 Å². The van der Waals surface area contributed by atoms with Crippen molar-refractivity contribution in [2.75, 3.05) is 13.2 Å². The highest BCUT2D eigenvalue weighted by molar-refractivity contribution is 6.33. The molecule has 0 radical (unpaired) electrons. The molecule has 2 aliphatic heterocycles. The van der Waals surface area contributed by atoms with Crippen LogP contribution in [0.25, 0.3) is 0 Å². The van der Waals surface area contributed by atoms with Gasteiger partial charge in [-0.3, -0.25) is 4.79 Å². The van der Waals surface area contributed by atoms with Crippen molar-refractivity contribution in [2.45, 2.75) is 77.8 Å². The van der Waals surface area contributed by atoms with Crippen molar-refractivity contribution in [1.29, 1.82) is 0 Å². The third kappa shape index (κ3) is 7.10. The fourth-order valence-corrected chi connectivity index (χ4v) is 4.91. The number of hydrogen-bond donors (Lipinski definition) is 1. The summed E-state index contributed by atoms with van der Waals surface area (Å²) in [5.74, 6) is -0.718. The first-order valence-corrected chi connectivity index (χ1v) is 12.7. The van der Waals surface area contributed by atoms with Crippen LogP contribution in [0.5, 0.6) is 5.75 Å². The zero-order valence-electron chi connectivity index (χ0n) is 20.8. The number of fused-ring (bicyclic) bond motifs is 1. The van der Waals surface area contributed by atoms with E-state index in [2.05, 4.69) is 19.0 Å². The highest BCUT2D eigenvalue weighted by atomic mass is 35.5. The van der Waals surface area contributed by atoms with Crippen LogP contribution in [0.15, 0.2) is 35.5 Å². The zero-order chi connectivity index (χ0) is 25.4. The molecule has 1 fully saturated rings. The van der Waals surface area contributed by atoms with E-state index in [1.165, 1.54) is 6.07 Å². The lowest BCUT2D eigenvalue weighted by Crippen LogP contribution is -2.48. The van der Waals surface area contributed by atoms with E-state index >= 15 is 0 Å². The topological polar surface area (TPSA) is 88.4 Å². The molecule has 2 aliphatic rings. The van der Waals surface area contributed by atoms with Crippen molar-refractivity contribution in [3.05, 3.63) is 52.1 Å². The fourth-order valence-electron chi connectivity index (χ4n) is 4.69. The number of piperidine rings is 1. The summed E-state index contributed by atoms with van der Waals surface area (Å²) >= 11 is 6.43. The van der Waals surface area contributed by atoms with Gasteiger partial charge in [0.1, 0.15) is 5.75 Å². The molecule has 0 bridgehead atoms. The van der Waals surface area contributed by atoms with E-state index in [0.29, 0.717) is 28.8 Å². The van der Waals surface area contributed by atoms with Gasteiger partial charge < -0.3 is 19.6 Å². The quantitative estimate of drug-likeness (QED) is 0.334. The number of phenols is 1. The van der Waals surface area contributed by atoms with E-state index in [-0.39, 0.29) is 48.4 Å². The third-order valence-electron chi connectivity index (χ3n) is 6.45. The lowest BCUT2D eigenvalue weighted by Gasteiger charge is -2.38. The van der Waals surface area contributed by atoms with Crippen molar-refractivity contribution in [3.8, 4) is 5.75 Å². The van der Waals surface area contributed by atoms with Crippen LogP contribution in [0, 0.1) is 6.92 Å². The molecule has 7 nitrogen and oxygen atoms in total. The number of hydrogen-bond acceptors (Lipinski definition) is 6. The molecule has 1 aromatic carbocycles. The minimum absolute atomic E-state index is 0.0719. The molecular weight excluding hydrogens is 468 g/mol. The van der Waals surface area contributed by atoms with Crippen LogP contribution >= 0.6 is 11.6 Å². The molecule has 3 rings (SSSR count). The number of carbonyl (C=O) groups is 2. The number of amides is 1. The van der Waals surface area contributed by atoms with Crippen LogP contribution in [-0.4, -0.2) is 52.9 Å². The van der Waals surface area contributed by atoms with Gasteiger partial charge in [-0.2, -0.15) is 0 Å². The third-order valence-corrected chi connectivity index (χ3v) is 6.87. The second-order valence-electron chi connectivity index (χ2n) is 9.22. The Morgan fingerprint density at radius 1 is 1.20 bits per heavy atom. The molecule has 0 saturated carbocycles. The minimum Gasteiger partial charge on any atom is -0.506 e. The summed E-state index contributed by atoms with van der Waals surface area (Å²) in [6.07, 6.45) is 13.3. The van der Waals surface area contributed by atoms with Gasteiger partial charge >= 0.3 is 5.97 Å². The van der Waals surface area contributed by atoms with Crippen LogP contribution in [0.4, 0.5) is 0 Å². The SMILES string of the molecule is Cc1cc(O)c(Cl)c2c1C(=O)OCC/C=C/CC/C=C/C(=N\OCC(=O)N1C(C)CCCC1C)C2. The number of nitrogens with zero attached hydrogens (tertiary/aromatic N) is 2. The predicted molar refractivity (Wildman–Crippen MR) is 137 cm³/mol. The van der Waals surface area contributed by atoms with Gasteiger partial charge in [-0.25, -0.2) is 4.79 Å². The van der Waals surface area contributed by atoms with Crippen LogP contribution in [-0.2, 0) is 20.8 Å². The standard InChI is InChI=1S/C27H35ClN2O5/c1-18-15-23(31)26(28)22-16-21(13-8-6-4-5-7-9-14-34-27(33)25(18)22)29-35-17-24(32)30-19(2)11-10-12-20(30)3/h5,7-8,13,15,19-20,31H,4,6,9-12,14,16-17H2,1-3H3/b7-5+,13-8+,29-21+. The molecule has 1 N–H and O–H groups in total. The number of cyclic esters (lactones) is 1. The first kappa shape index (κ1) is 26.8. The number of rotatable bonds is 3. The molecule has 190 valence electrons. The lowest BCUT2D eigenvalue weighted by molar-refractivity contribution is -0.142. The van der Waals surface area contributed by atoms with Crippen molar-refractivity contribution >= 4 is 29.2 Å². The first-order chi connectivity index (χ1) is 16.8. The van der Waals surface area contributed by atoms with E-state index in [9.17, 15) is 14.7 Å². The Bertz CT molecular complexity index is 1010. The number of phenolic OH excluding ortho intramolecular Hbond substituents is 1. The predicted octanol–water partition coefficient (Wildman–Crippen LogP) is 5.51. The number of halogens is 1. The van der Waals surface area contributed by atoms with Crippen molar-refractivity contribution in [3.63, 3.8) is 0 Å². The van der Waals surface area contributed by atoms with Crippen molar-refractivity contribution in [2.24, 2.45) is 5.16 Å². The lowest BCUT2D eigenvalue weighted by atomic mass is 9.96. The molecule has 2 heterocycles. The fraction of sp³-hybridized carbons (Fsp3) is 0.519. The number of esters is 1. The molecule has 0 spiro atoms. The molecule has 0 aromatic heterocycles. The summed E-state index contributed by atoms with van der Waals surface area (Å²) in [5, 5.41) is 14.6. The van der Waals surface area contributed by atoms with E-state index < -0.39 is 5.97 Å². The maximum Gasteiger partial charge on any atom is 0.338 e. The highest BCUT2D eigenvalue weighted by Gasteiger charge is 2.29. The molecule has 1 amide bonds. The average Bonchev–Trinajstić information content (AvgIpc) is 2.80. The maximum absolute atomic E-state index is 12.9. The van der Waals surface area contributed by atoms with E-state index in [1.807, 2.05) is 23.1 Å². The summed E-state index contributed by atoms with van der Waals surface area (Å²) in [5.41, 5.74) is 1.77. The molecular formula is C27H35ClN2O5. The van der Waals surface area contributed by atoms with Crippen LogP contribution < -0.4 is 0 Å². The Morgan fingerprint density at radius 2 is 1.89 bits per heavy atom. The second-order valence-corrected chi connectivity index (χ2v) is 9.60. The smallest absolute Gasteiger partial charge is 0.338 e. The number of ether oxygens (including phenoxy) is 1. The number of likely N-dealkylation sites (tertiary alicyclic amines) is 1. The van der Waals surface area contributed by atoms with Crippen LogP contribution in [0.1, 0.15) is 73.9 Å². The molecule has 2 unspecified atom stereocenters. The van der Waals surface area contributed by atoms with Gasteiger partial charge in [0.25, 0.3) is 5.91 Å². The zero-order valence-corrected chi connectivity index (χ0v) is 21.5. The Hall–Kier alpha value is -2.80. The minimum atomic E-state index is -0.502. The Labute approximate surface area is 212 Å². The normalized spacial score (nSPS) is 24.7. The number of aromatic hydroxyl groups is 1. The summed E-state index contributed by atoms with van der Waals surface area (Å²) in [6, 6.07) is 1.80. The average molecular weight is 503 g/mol. The van der Waals surface area contributed by atoms with Crippen molar-refractivity contribution < 1.29 is 24.3 Å². The van der Waals surface area contributed by atoms with Gasteiger partial charge in [0.2, 0.25) is 0 Å². The number of allylic oxidation sites excluding steroid dienone is 3. The molecule has 8 heteroatoms. The van der Waals surface area contributed by atoms with Gasteiger partial charge in [0.15, 0.2) is 6.61 Å². The molecule has 1 saturated heterocycles. The van der Waals surface area contributed by atoms with Crippen molar-refractivity contribution in [1.82, 2.24) is 4.90 Å². The molecule has 0 aliphatic carbocycles. The molecule has 35 heavy (non-hydrogen) atoms. The highest BCUT2D eigenvalue weighted by Crippen LogP contribution is 2.34. The van der Waals surface area contributed by atoms with Gasteiger partial charge in [0, 0.05) is 18.5 Å². The van der Waals surface area contributed by atoms with Gasteiger partial charge in [0.05, 0.1) is 22.9 Å². The number of carbonyl (C=O) groups excluding carboxylic acids is 2. The Morgan fingerprint density at radius 3 is 2.63 bits per heavy atom. The van der Waals surface area contributed by atoms with Crippen LogP contribution in [0.3, 0.4) is 0 Å². The van der Waals surface area contributed by atoms with E-state index in [4.69, 9.17) is 21.2 Å². The van der Waals surface area contributed by atoms with E-state index in [0.717, 1.165) is 32.1 Å². The second kappa shape index (κ2) is 12.8. The summed E-state index contributed by atoms with van der Waals surface area (Å²) in [6.45, 7) is 5.92. The first-order valence-electron chi connectivity index (χ1n) is 12.3. The molecule has 2 atom stereocenters. The summed E-state index contributed by atoms with van der Waals surface area (Å²) < 4.78 is 5.45. The number of oxime groups is 1. The summed E-state index contributed by atoms with van der Waals surface area (Å²) in [7, 11) is 0. The maximum atomic E-state index is 12.9. The van der Waals surface area contributed by atoms with Gasteiger partial charge in [-0.15, -0.1) is 0 Å². The van der Waals surface area contributed by atoms with E-state index in [1.54, 1.807) is 13.0 Å². The largest absolute Gasteiger partial charge is 0.506 e.